The van der Waals surface area contributed by atoms with Crippen molar-refractivity contribution in [2.45, 2.75) is 13.8 Å². The molecule has 0 fully saturated rings. The number of hydrogen-bond donors (Lipinski definition) is 0. The van der Waals surface area contributed by atoms with Crippen LogP contribution in [0.25, 0.3) is 11.1 Å². The molecule has 0 N–H and O–H groups in total. The molecule has 0 atom stereocenters. The second-order valence-electron chi connectivity index (χ2n) is 10.1. The molecule has 0 saturated heterocycles. The van der Waals surface area contributed by atoms with Crippen molar-refractivity contribution in [1.29, 1.82) is 0 Å². The van der Waals surface area contributed by atoms with Gasteiger partial charge in [0.05, 0.1) is 0 Å². The summed E-state index contributed by atoms with van der Waals surface area (Å²) in [5.74, 6) is 0. The Morgan fingerprint density at radius 1 is 0.300 bits per heavy atom. The Labute approximate surface area is 237 Å². The standard InChI is InChI=1S/C38H32N2/c1-29-11-9-17-37(27-29)40(38-18-10-12-30(2)28-38)36-25-23-35(24-26-36)39(33-15-7-4-8-16-33)34-21-19-32(20-22-34)31-13-5-3-6-14-31/h3-28H,1-2H3. The molecule has 0 bridgehead atoms. The average molecular weight is 517 g/mol. The number of aryl methyl sites for hydroxylation is 2. The van der Waals surface area contributed by atoms with Crippen molar-refractivity contribution >= 4 is 34.1 Å². The molecular weight excluding hydrogens is 484 g/mol. The third-order valence-corrected chi connectivity index (χ3v) is 7.13. The Morgan fingerprint density at radius 3 is 1.12 bits per heavy atom. The third-order valence-electron chi connectivity index (χ3n) is 7.13. The summed E-state index contributed by atoms with van der Waals surface area (Å²) in [4.78, 5) is 4.63. The normalized spacial score (nSPS) is 10.8. The molecule has 2 heteroatoms. The van der Waals surface area contributed by atoms with E-state index in [0.29, 0.717) is 0 Å². The molecule has 0 amide bonds. The van der Waals surface area contributed by atoms with Crippen LogP contribution in [0.4, 0.5) is 34.1 Å². The van der Waals surface area contributed by atoms with E-state index in [1.54, 1.807) is 0 Å². The molecule has 0 aliphatic carbocycles. The van der Waals surface area contributed by atoms with Gasteiger partial charge in [-0.15, -0.1) is 0 Å². The van der Waals surface area contributed by atoms with Gasteiger partial charge in [-0.1, -0.05) is 84.9 Å². The van der Waals surface area contributed by atoms with Crippen LogP contribution in [0.5, 0.6) is 0 Å². The third kappa shape index (κ3) is 5.39. The molecule has 6 aromatic rings. The second-order valence-corrected chi connectivity index (χ2v) is 10.1. The Bertz CT molecular complexity index is 1640. The van der Waals surface area contributed by atoms with Gasteiger partial charge in [-0.3, -0.25) is 0 Å². The zero-order chi connectivity index (χ0) is 27.3. The Kier molecular flexibility index (Phi) is 7.15. The Hall–Kier alpha value is -5.08. The van der Waals surface area contributed by atoms with Crippen LogP contribution in [-0.2, 0) is 0 Å². The first kappa shape index (κ1) is 25.2. The van der Waals surface area contributed by atoms with E-state index >= 15 is 0 Å². The van der Waals surface area contributed by atoms with E-state index in [-0.39, 0.29) is 0 Å². The van der Waals surface area contributed by atoms with E-state index in [2.05, 4.69) is 181 Å². The second kappa shape index (κ2) is 11.3. The summed E-state index contributed by atoms with van der Waals surface area (Å²) in [6, 6.07) is 56.1. The van der Waals surface area contributed by atoms with Gasteiger partial charge in [0.15, 0.2) is 0 Å². The molecule has 0 aliphatic rings. The lowest BCUT2D eigenvalue weighted by atomic mass is 10.0. The highest BCUT2D eigenvalue weighted by Crippen LogP contribution is 2.39. The average Bonchev–Trinajstić information content (AvgIpc) is 3.00. The molecular formula is C38H32N2. The van der Waals surface area contributed by atoms with Crippen LogP contribution in [0, 0.1) is 13.8 Å². The minimum Gasteiger partial charge on any atom is -0.311 e. The first-order valence-corrected chi connectivity index (χ1v) is 13.7. The lowest BCUT2D eigenvalue weighted by Crippen LogP contribution is -2.12. The number of benzene rings is 6. The molecule has 0 radical (unpaired) electrons. The number of rotatable bonds is 7. The van der Waals surface area contributed by atoms with E-state index in [1.165, 1.54) is 22.3 Å². The quantitative estimate of drug-likeness (QED) is 0.208. The van der Waals surface area contributed by atoms with Gasteiger partial charge < -0.3 is 9.80 Å². The van der Waals surface area contributed by atoms with Crippen LogP contribution in [0.3, 0.4) is 0 Å². The molecule has 6 rings (SSSR count). The van der Waals surface area contributed by atoms with Crippen molar-refractivity contribution in [1.82, 2.24) is 0 Å². The zero-order valence-corrected chi connectivity index (χ0v) is 22.9. The van der Waals surface area contributed by atoms with E-state index in [1.807, 2.05) is 0 Å². The highest BCUT2D eigenvalue weighted by Gasteiger charge is 2.16. The topological polar surface area (TPSA) is 6.48 Å². The van der Waals surface area contributed by atoms with Crippen LogP contribution < -0.4 is 9.80 Å². The fraction of sp³-hybridized carbons (Fsp3) is 0.0526. The first-order valence-electron chi connectivity index (χ1n) is 13.7. The minimum absolute atomic E-state index is 1.11. The summed E-state index contributed by atoms with van der Waals surface area (Å²) < 4.78 is 0. The van der Waals surface area contributed by atoms with Crippen molar-refractivity contribution < 1.29 is 0 Å². The SMILES string of the molecule is Cc1cccc(N(c2ccc(N(c3ccccc3)c3ccc(-c4ccccc4)cc3)cc2)c2cccc(C)c2)c1. The Morgan fingerprint density at radius 2 is 0.650 bits per heavy atom. The summed E-state index contributed by atoms with van der Waals surface area (Å²) in [6.45, 7) is 4.28. The fourth-order valence-corrected chi connectivity index (χ4v) is 5.19. The number of nitrogens with zero attached hydrogens (tertiary/aromatic N) is 2. The van der Waals surface area contributed by atoms with Gasteiger partial charge >= 0.3 is 0 Å². The molecule has 0 unspecified atom stereocenters. The van der Waals surface area contributed by atoms with Crippen molar-refractivity contribution in [3.8, 4) is 11.1 Å². The van der Waals surface area contributed by atoms with Crippen LogP contribution in [0.15, 0.2) is 158 Å². The van der Waals surface area contributed by atoms with Crippen molar-refractivity contribution in [3.05, 3.63) is 169 Å². The molecule has 0 saturated carbocycles. The van der Waals surface area contributed by atoms with E-state index < -0.39 is 0 Å². The lowest BCUT2D eigenvalue weighted by Gasteiger charge is -2.28. The highest BCUT2D eigenvalue weighted by atomic mass is 15.2. The molecule has 0 spiro atoms. The summed E-state index contributed by atoms with van der Waals surface area (Å²) in [5.41, 5.74) is 11.7. The summed E-state index contributed by atoms with van der Waals surface area (Å²) >= 11 is 0. The predicted octanol–water partition coefficient (Wildman–Crippen LogP) is 10.9. The Balaban J connectivity index is 1.40. The number of hydrogen-bond acceptors (Lipinski definition) is 2. The molecule has 0 heterocycles. The van der Waals surface area contributed by atoms with Crippen LogP contribution in [0.2, 0.25) is 0 Å². The van der Waals surface area contributed by atoms with Gasteiger partial charge in [0.1, 0.15) is 0 Å². The number of anilines is 6. The maximum Gasteiger partial charge on any atom is 0.0464 e. The van der Waals surface area contributed by atoms with Crippen molar-refractivity contribution in [2.24, 2.45) is 0 Å². The monoisotopic (exact) mass is 516 g/mol. The van der Waals surface area contributed by atoms with Gasteiger partial charge in [-0.25, -0.2) is 0 Å². The van der Waals surface area contributed by atoms with E-state index in [0.717, 1.165) is 34.1 Å². The summed E-state index contributed by atoms with van der Waals surface area (Å²) in [7, 11) is 0. The minimum atomic E-state index is 1.11. The molecule has 6 aromatic carbocycles. The molecule has 194 valence electrons. The predicted molar refractivity (Wildman–Crippen MR) is 171 cm³/mol. The molecule has 0 aliphatic heterocycles. The van der Waals surface area contributed by atoms with Crippen LogP contribution in [0.1, 0.15) is 11.1 Å². The largest absolute Gasteiger partial charge is 0.311 e. The fourth-order valence-electron chi connectivity index (χ4n) is 5.19. The van der Waals surface area contributed by atoms with Gasteiger partial charge in [0.2, 0.25) is 0 Å². The lowest BCUT2D eigenvalue weighted by molar-refractivity contribution is 1.24. The van der Waals surface area contributed by atoms with Gasteiger partial charge in [0, 0.05) is 34.1 Å². The van der Waals surface area contributed by atoms with E-state index in [4.69, 9.17) is 0 Å². The van der Waals surface area contributed by atoms with Gasteiger partial charge in [-0.2, -0.15) is 0 Å². The maximum absolute atomic E-state index is 2.32. The van der Waals surface area contributed by atoms with Gasteiger partial charge in [-0.05, 0) is 109 Å². The van der Waals surface area contributed by atoms with Crippen molar-refractivity contribution in [3.63, 3.8) is 0 Å². The molecule has 2 nitrogen and oxygen atoms in total. The number of para-hydroxylation sites is 1. The molecule has 40 heavy (non-hydrogen) atoms. The highest BCUT2D eigenvalue weighted by molar-refractivity contribution is 5.82. The maximum atomic E-state index is 2.32. The van der Waals surface area contributed by atoms with E-state index in [9.17, 15) is 0 Å². The smallest absolute Gasteiger partial charge is 0.0464 e. The zero-order valence-electron chi connectivity index (χ0n) is 22.9. The summed E-state index contributed by atoms with van der Waals surface area (Å²) in [5, 5.41) is 0. The van der Waals surface area contributed by atoms with Crippen LogP contribution >= 0.6 is 0 Å². The first-order chi connectivity index (χ1) is 19.7. The van der Waals surface area contributed by atoms with Gasteiger partial charge in [0.25, 0.3) is 0 Å². The molecule has 0 aromatic heterocycles. The summed E-state index contributed by atoms with van der Waals surface area (Å²) in [6.07, 6.45) is 0. The van der Waals surface area contributed by atoms with Crippen molar-refractivity contribution in [2.75, 3.05) is 9.80 Å². The van der Waals surface area contributed by atoms with Crippen LogP contribution in [-0.4, -0.2) is 0 Å².